The van der Waals surface area contributed by atoms with E-state index >= 15 is 0 Å². The quantitative estimate of drug-likeness (QED) is 0.363. The van der Waals surface area contributed by atoms with Crippen LogP contribution >= 0.6 is 0 Å². The van der Waals surface area contributed by atoms with E-state index in [0.29, 0.717) is 12.2 Å². The summed E-state index contributed by atoms with van der Waals surface area (Å²) < 4.78 is 19.8. The van der Waals surface area contributed by atoms with E-state index in [1.54, 1.807) is 31.2 Å². The predicted molar refractivity (Wildman–Crippen MR) is 70.6 cm³/mol. The standard InChI is InChI=1S/C9H9O2.C5H5.2CO.Fe/c1-2-11-9(10)8-6-4-3-5-7-8;1-2-4-5-3-1;2*1-2;/h4-7H,2H2,1H3;1-5H;;;/q-1;;;;+2. The Kier molecular flexibility index (Phi) is 24.7. The molecule has 1 aromatic rings. The van der Waals surface area contributed by atoms with E-state index in [9.17, 15) is 4.79 Å². The van der Waals surface area contributed by atoms with Crippen molar-refractivity contribution in [2.75, 3.05) is 6.61 Å². The van der Waals surface area contributed by atoms with Crippen LogP contribution in [0.1, 0.15) is 17.3 Å². The first-order valence-corrected chi connectivity index (χ1v) is 5.55. The molecule has 0 atom stereocenters. The van der Waals surface area contributed by atoms with Crippen molar-refractivity contribution >= 4 is 5.97 Å². The minimum atomic E-state index is -0.276. The van der Waals surface area contributed by atoms with E-state index in [2.05, 4.69) is 19.4 Å². The number of rotatable bonds is 2. The van der Waals surface area contributed by atoms with Crippen LogP contribution in [0.2, 0.25) is 0 Å². The van der Waals surface area contributed by atoms with E-state index < -0.39 is 0 Å². The van der Waals surface area contributed by atoms with Gasteiger partial charge < -0.3 is 4.74 Å². The van der Waals surface area contributed by atoms with Crippen LogP contribution in [-0.2, 0) is 31.1 Å². The molecule has 0 saturated heterocycles. The Balaban J connectivity index is -0.000000273. The summed E-state index contributed by atoms with van der Waals surface area (Å²) in [6, 6.07) is 9.55. The maximum Gasteiger partial charge on any atom is 2.00 e. The van der Waals surface area contributed by atoms with Crippen LogP contribution in [0.5, 0.6) is 0 Å². The van der Waals surface area contributed by atoms with Crippen LogP contribution in [0.15, 0.2) is 24.3 Å². The molecular formula is C16H14FeO4+. The third kappa shape index (κ3) is 14.9. The SMILES string of the molecule is CCOC(=O)c1cc[c-]cc1.[C-]#[O+].[C-]#[O+].[CH]1[CH][CH][CH][CH]1.[Fe+2]. The van der Waals surface area contributed by atoms with Crippen molar-refractivity contribution in [2.45, 2.75) is 6.92 Å². The minimum Gasteiger partial charge on any atom is -0.0312 e. The first kappa shape index (κ1) is 24.7. The van der Waals surface area contributed by atoms with Crippen LogP contribution in [0.4, 0.5) is 0 Å². The Morgan fingerprint density at radius 1 is 1.05 bits per heavy atom. The summed E-state index contributed by atoms with van der Waals surface area (Å²) in [4.78, 5) is 11.0. The van der Waals surface area contributed by atoms with Gasteiger partial charge in [0.1, 0.15) is 0 Å². The molecule has 0 spiro atoms. The molecule has 0 aromatic heterocycles. The molecule has 1 aromatic carbocycles. The van der Waals surface area contributed by atoms with Crippen molar-refractivity contribution in [1.29, 1.82) is 0 Å². The largest absolute Gasteiger partial charge is 2.00 e. The van der Waals surface area contributed by atoms with Gasteiger partial charge in [-0.2, -0.15) is 30.3 Å². The monoisotopic (exact) mass is 326 g/mol. The average molecular weight is 326 g/mol. The zero-order valence-corrected chi connectivity index (χ0v) is 12.5. The molecule has 1 fully saturated rings. The number of esters is 1. The van der Waals surface area contributed by atoms with Crippen molar-refractivity contribution < 1.29 is 35.9 Å². The molecule has 2 rings (SSSR count). The van der Waals surface area contributed by atoms with Gasteiger partial charge in [-0.15, -0.1) is 0 Å². The summed E-state index contributed by atoms with van der Waals surface area (Å²) in [7, 11) is 0. The minimum absolute atomic E-state index is 0. The van der Waals surface area contributed by atoms with Crippen LogP contribution in [0.3, 0.4) is 0 Å². The van der Waals surface area contributed by atoms with E-state index in [4.69, 9.17) is 14.0 Å². The van der Waals surface area contributed by atoms with Crippen molar-refractivity contribution in [3.05, 3.63) is 81.3 Å². The molecule has 21 heavy (non-hydrogen) atoms. The second-order valence-corrected chi connectivity index (χ2v) is 2.97. The zero-order chi connectivity index (χ0) is 15.6. The van der Waals surface area contributed by atoms with Gasteiger partial charge >= 0.3 is 45.6 Å². The van der Waals surface area contributed by atoms with Gasteiger partial charge in [0.2, 0.25) is 0 Å². The third-order valence-corrected chi connectivity index (χ3v) is 1.78. The van der Waals surface area contributed by atoms with E-state index in [0.717, 1.165) is 0 Å². The number of carbonyl (C=O) groups is 1. The van der Waals surface area contributed by atoms with E-state index in [1.165, 1.54) is 0 Å². The summed E-state index contributed by atoms with van der Waals surface area (Å²) >= 11 is 0. The van der Waals surface area contributed by atoms with Gasteiger partial charge in [0.15, 0.2) is 0 Å². The fraction of sp³-hybridized carbons (Fsp3) is 0.125. The molecule has 5 radical (unpaired) electrons. The van der Waals surface area contributed by atoms with Crippen molar-refractivity contribution in [3.63, 3.8) is 0 Å². The first-order valence-electron chi connectivity index (χ1n) is 5.55. The van der Waals surface area contributed by atoms with Crippen LogP contribution in [-0.4, -0.2) is 12.6 Å². The van der Waals surface area contributed by atoms with Crippen molar-refractivity contribution in [2.24, 2.45) is 0 Å². The summed E-state index contributed by atoms with van der Waals surface area (Å²) in [5.74, 6) is -0.276. The fourth-order valence-electron chi connectivity index (χ4n) is 1.06. The average Bonchev–Trinajstić information content (AvgIpc) is 3.12. The van der Waals surface area contributed by atoms with Gasteiger partial charge in [-0.3, -0.25) is 0 Å². The Morgan fingerprint density at radius 2 is 1.43 bits per heavy atom. The molecule has 1 aliphatic rings. The molecule has 1 saturated carbocycles. The maximum atomic E-state index is 11.0. The summed E-state index contributed by atoms with van der Waals surface area (Å²) in [5, 5.41) is 0. The third-order valence-electron chi connectivity index (χ3n) is 1.78. The second-order valence-electron chi connectivity index (χ2n) is 2.97. The van der Waals surface area contributed by atoms with Gasteiger partial charge in [0.05, 0.1) is 6.61 Å². The molecule has 0 N–H and O–H groups in total. The molecule has 0 unspecified atom stereocenters. The van der Waals surface area contributed by atoms with Gasteiger partial charge in [-0.25, -0.2) is 4.79 Å². The number of hydrogen-bond donors (Lipinski definition) is 0. The number of carbonyl (C=O) groups excluding carboxylic acids is 1. The second kappa shape index (κ2) is 21.0. The molecule has 0 amide bonds. The normalized spacial score (nSPS) is 10.7. The van der Waals surface area contributed by atoms with Crippen molar-refractivity contribution in [1.82, 2.24) is 0 Å². The number of ether oxygens (including phenoxy) is 1. The van der Waals surface area contributed by atoms with E-state index in [1.807, 2.05) is 32.1 Å². The molecule has 109 valence electrons. The Morgan fingerprint density at radius 3 is 1.76 bits per heavy atom. The topological polar surface area (TPSA) is 66.1 Å². The molecule has 0 heterocycles. The van der Waals surface area contributed by atoms with E-state index in [-0.39, 0.29) is 23.0 Å². The van der Waals surface area contributed by atoms with Gasteiger partial charge in [0.25, 0.3) is 0 Å². The van der Waals surface area contributed by atoms with Crippen LogP contribution < -0.4 is 0 Å². The Labute approximate surface area is 137 Å². The molecule has 0 bridgehead atoms. The molecule has 0 aliphatic heterocycles. The van der Waals surface area contributed by atoms with Crippen molar-refractivity contribution in [3.8, 4) is 0 Å². The predicted octanol–water partition coefficient (Wildman–Crippen LogP) is 2.61. The Hall–Kier alpha value is -1.31. The zero-order valence-electron chi connectivity index (χ0n) is 11.4. The maximum absolute atomic E-state index is 11.0. The molecule has 1 aliphatic carbocycles. The molecular weight excluding hydrogens is 312 g/mol. The summed E-state index contributed by atoms with van der Waals surface area (Å²) in [6.07, 6.45) is 10.0. The molecule has 4 nitrogen and oxygen atoms in total. The van der Waals surface area contributed by atoms with Crippen LogP contribution in [0, 0.1) is 51.5 Å². The number of benzene rings is 1. The number of hydrogen-bond acceptors (Lipinski definition) is 2. The Bertz CT molecular complexity index is 356. The molecule has 5 heteroatoms. The summed E-state index contributed by atoms with van der Waals surface area (Å²) in [6.45, 7) is 11.2. The fourth-order valence-corrected chi connectivity index (χ4v) is 1.06. The summed E-state index contributed by atoms with van der Waals surface area (Å²) in [5.41, 5.74) is 0.575. The van der Waals surface area contributed by atoms with Crippen LogP contribution in [0.25, 0.3) is 0 Å². The van der Waals surface area contributed by atoms with Gasteiger partial charge in [-0.1, -0.05) is 0 Å². The van der Waals surface area contributed by atoms with Gasteiger partial charge in [0, 0.05) is 0 Å². The first-order chi connectivity index (χ1) is 9.84. The smallest absolute Gasteiger partial charge is 0.0312 e. The van der Waals surface area contributed by atoms with Gasteiger partial charge in [-0.05, 0) is 44.6 Å².